The Morgan fingerprint density at radius 2 is 1.45 bits per heavy atom. The summed E-state index contributed by atoms with van der Waals surface area (Å²) in [6.07, 6.45) is -19.9. The summed E-state index contributed by atoms with van der Waals surface area (Å²) in [4.78, 5) is 12.6. The number of carbonyl (C=O) groups excluding carboxylic acids is 1. The van der Waals surface area contributed by atoms with E-state index in [2.05, 4.69) is 5.32 Å². The molecule has 18 heteroatoms. The van der Waals surface area contributed by atoms with Crippen molar-refractivity contribution < 1.29 is 64.6 Å². The van der Waals surface area contributed by atoms with Gasteiger partial charge in [-0.25, -0.2) is 0 Å². The number of aliphatic hydroxyl groups excluding tert-OH is 8. The molecule has 2 saturated heterocycles. The molecule has 2 aliphatic heterocycles. The van der Waals surface area contributed by atoms with Crippen LogP contribution in [0.15, 0.2) is 0 Å². The van der Waals surface area contributed by atoms with Gasteiger partial charge in [0.25, 0.3) is 0 Å². The lowest BCUT2D eigenvalue weighted by Gasteiger charge is -2.49. The van der Waals surface area contributed by atoms with Crippen LogP contribution < -0.4 is 28.3 Å². The van der Waals surface area contributed by atoms with Crippen LogP contribution in [-0.4, -0.2) is 164 Å². The molecule has 0 aromatic heterocycles. The normalized spacial score (nSPS) is 47.0. The second-order valence-corrected chi connectivity index (χ2v) is 10.3. The van der Waals surface area contributed by atoms with Crippen LogP contribution in [-0.2, 0) is 23.7 Å². The summed E-state index contributed by atoms with van der Waals surface area (Å²) in [6, 6.07) is -3.42. The van der Waals surface area contributed by atoms with Gasteiger partial charge in [-0.05, 0) is 19.4 Å². The van der Waals surface area contributed by atoms with Crippen molar-refractivity contribution >= 4 is 5.91 Å². The molecule has 18 nitrogen and oxygen atoms in total. The average Bonchev–Trinajstić information content (AvgIpc) is 2.92. The van der Waals surface area contributed by atoms with Gasteiger partial charge < -0.3 is 88.1 Å². The minimum atomic E-state index is -1.80. The third-order valence-corrected chi connectivity index (χ3v) is 7.51. The third kappa shape index (κ3) is 7.06. The van der Waals surface area contributed by atoms with Gasteiger partial charge in [-0.3, -0.25) is 4.79 Å². The molecule has 0 radical (unpaired) electrons. The second-order valence-electron chi connectivity index (χ2n) is 10.3. The molecule has 2 heterocycles. The molecule has 1 saturated carbocycles. The smallest absolute Gasteiger partial charge is 0.249 e. The van der Waals surface area contributed by atoms with Crippen molar-refractivity contribution in [3.63, 3.8) is 0 Å². The number of hydrogen-bond acceptors (Lipinski definition) is 17. The maximum absolute atomic E-state index is 12.6. The first-order chi connectivity index (χ1) is 18.9. The second kappa shape index (κ2) is 14.3. The predicted molar refractivity (Wildman–Crippen MR) is 131 cm³/mol. The fourth-order valence-corrected chi connectivity index (χ4v) is 5.07. The first-order valence-corrected chi connectivity index (χ1v) is 13.1. The fourth-order valence-electron chi connectivity index (χ4n) is 5.07. The van der Waals surface area contributed by atoms with Crippen LogP contribution in [0.5, 0.6) is 0 Å². The molecule has 40 heavy (non-hydrogen) atoms. The van der Waals surface area contributed by atoms with E-state index in [0.717, 1.165) is 0 Å². The van der Waals surface area contributed by atoms with Gasteiger partial charge in [-0.1, -0.05) is 0 Å². The maximum Gasteiger partial charge on any atom is 0.249 e. The molecule has 1 amide bonds. The summed E-state index contributed by atoms with van der Waals surface area (Å²) in [6.45, 7) is -0.899. The summed E-state index contributed by atoms with van der Waals surface area (Å²) < 4.78 is 22.5. The van der Waals surface area contributed by atoms with Crippen molar-refractivity contribution in [2.24, 2.45) is 22.9 Å². The lowest BCUT2D eigenvalue weighted by Crippen LogP contribution is -2.69. The predicted octanol–water partition coefficient (Wildman–Crippen LogP) is -8.42. The highest BCUT2D eigenvalue weighted by Gasteiger charge is 2.52. The Morgan fingerprint density at radius 1 is 0.850 bits per heavy atom. The van der Waals surface area contributed by atoms with E-state index in [1.54, 1.807) is 0 Å². The van der Waals surface area contributed by atoms with Crippen LogP contribution in [0, 0.1) is 0 Å². The Bertz CT molecular complexity index is 815. The van der Waals surface area contributed by atoms with Crippen LogP contribution in [0.3, 0.4) is 0 Å². The molecular weight excluding hydrogens is 542 g/mol. The highest BCUT2D eigenvalue weighted by atomic mass is 16.7. The molecule has 234 valence electrons. The van der Waals surface area contributed by atoms with E-state index < -0.39 is 110 Å². The Hall–Kier alpha value is -1.17. The van der Waals surface area contributed by atoms with Crippen LogP contribution >= 0.6 is 0 Å². The van der Waals surface area contributed by atoms with Crippen LogP contribution in [0.1, 0.15) is 12.8 Å². The molecule has 17 N–H and O–H groups in total. The van der Waals surface area contributed by atoms with Crippen LogP contribution in [0.4, 0.5) is 0 Å². The summed E-state index contributed by atoms with van der Waals surface area (Å²) in [5.41, 5.74) is 23.1. The maximum atomic E-state index is 12.6. The first-order valence-electron chi connectivity index (χ1n) is 13.1. The lowest BCUT2D eigenvalue weighted by atomic mass is 9.83. The molecule has 3 fully saturated rings. The van der Waals surface area contributed by atoms with Gasteiger partial charge >= 0.3 is 0 Å². The zero-order valence-corrected chi connectivity index (χ0v) is 21.7. The van der Waals surface area contributed by atoms with E-state index in [-0.39, 0.29) is 25.9 Å². The largest absolute Gasteiger partial charge is 0.394 e. The molecule has 0 spiro atoms. The SMILES string of the molecule is NCC[C@H](O)C(=O)N[C@H]1C[C@@H](N)[C@H](O[C@H]2O[C@@H](CO)[C@@H](O)[C@H](N)[C@H]2O)[C@@H](O)[C@H]1O[C@H]1O[C@@H](CN)[C@@H](O)[C@@H](O)[C@H]1O. The number of nitrogens with one attached hydrogen (secondary N) is 1. The standard InChI is InChI=1S/C22H43N5O13/c23-2-1-8(29)20(36)27-7-3-6(25)18(39-21-14(32)11(26)12(30)10(5-28)38-21)17(35)19(7)40-22-16(34)15(33)13(31)9(4-24)37-22/h6-19,21-22,28-35H,1-5,23-26H2,(H,27,36)/t6-,7+,8+,9+,10+,11+,12-,13-,14-,15-,16-,17-,18+,19+,21-,22-/m1/s1. The summed E-state index contributed by atoms with van der Waals surface area (Å²) in [7, 11) is 0. The van der Waals surface area contributed by atoms with Gasteiger partial charge in [0.15, 0.2) is 12.6 Å². The van der Waals surface area contributed by atoms with Gasteiger partial charge in [0.2, 0.25) is 5.91 Å². The topological polar surface area (TPSA) is 332 Å². The molecule has 1 aliphatic carbocycles. The van der Waals surface area contributed by atoms with E-state index in [4.69, 9.17) is 41.9 Å². The molecular formula is C22H43N5O13. The van der Waals surface area contributed by atoms with E-state index in [9.17, 15) is 45.6 Å². The first kappa shape index (κ1) is 33.3. The number of carbonyl (C=O) groups is 1. The van der Waals surface area contributed by atoms with Crippen molar-refractivity contribution in [3.8, 4) is 0 Å². The number of aliphatic hydroxyl groups is 8. The van der Waals surface area contributed by atoms with E-state index in [1.807, 2.05) is 0 Å². The van der Waals surface area contributed by atoms with Gasteiger partial charge in [-0.15, -0.1) is 0 Å². The van der Waals surface area contributed by atoms with E-state index in [0.29, 0.717) is 0 Å². The summed E-state index contributed by atoms with van der Waals surface area (Å²) in [5.74, 6) is -0.847. The molecule has 16 atom stereocenters. The monoisotopic (exact) mass is 585 g/mol. The van der Waals surface area contributed by atoms with Gasteiger partial charge in [-0.2, -0.15) is 0 Å². The highest BCUT2D eigenvalue weighted by molar-refractivity contribution is 5.80. The quantitative estimate of drug-likeness (QED) is 0.113. The van der Waals surface area contributed by atoms with E-state index >= 15 is 0 Å². The number of amides is 1. The van der Waals surface area contributed by atoms with Gasteiger partial charge in [0.05, 0.1) is 18.7 Å². The lowest BCUT2D eigenvalue weighted by molar-refractivity contribution is -0.332. The number of rotatable bonds is 10. The molecule has 0 aromatic carbocycles. The van der Waals surface area contributed by atoms with E-state index in [1.165, 1.54) is 0 Å². The summed E-state index contributed by atoms with van der Waals surface area (Å²) in [5, 5.41) is 84.9. The minimum absolute atomic E-state index is 0.00934. The molecule has 0 unspecified atom stereocenters. The molecule has 0 bridgehead atoms. The minimum Gasteiger partial charge on any atom is -0.394 e. The molecule has 3 aliphatic rings. The molecule has 3 rings (SSSR count). The van der Waals surface area contributed by atoms with Crippen molar-refractivity contribution in [2.75, 3.05) is 19.7 Å². The third-order valence-electron chi connectivity index (χ3n) is 7.51. The Kier molecular flexibility index (Phi) is 11.9. The van der Waals surface area contributed by atoms with Gasteiger partial charge in [0, 0.05) is 12.6 Å². The van der Waals surface area contributed by atoms with Crippen LogP contribution in [0.2, 0.25) is 0 Å². The van der Waals surface area contributed by atoms with Gasteiger partial charge in [0.1, 0.15) is 67.1 Å². The number of hydrogen-bond donors (Lipinski definition) is 13. The summed E-state index contributed by atoms with van der Waals surface area (Å²) >= 11 is 0. The van der Waals surface area contributed by atoms with Crippen molar-refractivity contribution in [2.45, 2.75) is 111 Å². The molecule has 0 aromatic rings. The van der Waals surface area contributed by atoms with Crippen LogP contribution in [0.25, 0.3) is 0 Å². The average molecular weight is 586 g/mol. The number of nitrogens with two attached hydrogens (primary N) is 4. The fraction of sp³-hybridized carbons (Fsp3) is 0.955. The number of ether oxygens (including phenoxy) is 4. The Balaban J connectivity index is 1.85. The van der Waals surface area contributed by atoms with Crippen molar-refractivity contribution in [1.29, 1.82) is 0 Å². The van der Waals surface area contributed by atoms with Crippen molar-refractivity contribution in [1.82, 2.24) is 5.32 Å². The Morgan fingerprint density at radius 3 is 2.05 bits per heavy atom. The zero-order valence-electron chi connectivity index (χ0n) is 21.7. The highest BCUT2D eigenvalue weighted by Crippen LogP contribution is 2.32. The zero-order chi connectivity index (χ0) is 29.9. The van der Waals surface area contributed by atoms with Crippen molar-refractivity contribution in [3.05, 3.63) is 0 Å². The Labute approximate surface area is 229 Å².